The summed E-state index contributed by atoms with van der Waals surface area (Å²) in [5.41, 5.74) is -0.0338. The van der Waals surface area contributed by atoms with Gasteiger partial charge in [-0.25, -0.2) is 0 Å². The van der Waals surface area contributed by atoms with E-state index in [1.54, 1.807) is 0 Å². The van der Waals surface area contributed by atoms with E-state index in [0.29, 0.717) is 11.7 Å². The Kier molecular flexibility index (Phi) is 3.68. The number of hydrogen-bond acceptors (Lipinski definition) is 3. The number of hydrogen-bond donors (Lipinski definition) is 0. The van der Waals surface area contributed by atoms with Crippen LogP contribution < -0.4 is 0 Å². The summed E-state index contributed by atoms with van der Waals surface area (Å²) in [5.74, 6) is 0. The number of rotatable bonds is 2. The van der Waals surface area contributed by atoms with Gasteiger partial charge in [0.2, 0.25) is 0 Å². The second-order valence-corrected chi connectivity index (χ2v) is 4.85. The standard InChI is InChI=1S/C10H18O2S/c1-10(2,3)9(13)12-7-8-5-4-6-11-8/h8H,4-7H2,1-3H3. The summed E-state index contributed by atoms with van der Waals surface area (Å²) < 4.78 is 10.9. The van der Waals surface area contributed by atoms with E-state index in [0.717, 1.165) is 19.4 Å². The fourth-order valence-electron chi connectivity index (χ4n) is 1.16. The average Bonchev–Trinajstić information content (AvgIpc) is 2.50. The molecule has 0 aromatic heterocycles. The van der Waals surface area contributed by atoms with Crippen LogP contribution in [-0.2, 0) is 9.47 Å². The van der Waals surface area contributed by atoms with Crippen LogP contribution in [0.4, 0.5) is 0 Å². The molecule has 1 atom stereocenters. The zero-order chi connectivity index (χ0) is 9.90. The van der Waals surface area contributed by atoms with Crippen LogP contribution in [0.2, 0.25) is 0 Å². The molecule has 1 heterocycles. The van der Waals surface area contributed by atoms with Crippen LogP contribution in [0.1, 0.15) is 33.6 Å². The molecular weight excluding hydrogens is 184 g/mol. The summed E-state index contributed by atoms with van der Waals surface area (Å²) in [5, 5.41) is 0.683. The molecule has 0 radical (unpaired) electrons. The molecule has 0 aromatic rings. The Hall–Kier alpha value is -0.150. The quantitative estimate of drug-likeness (QED) is 0.641. The number of thiocarbonyl (C=S) groups is 1. The van der Waals surface area contributed by atoms with E-state index in [4.69, 9.17) is 21.7 Å². The predicted octanol–water partition coefficient (Wildman–Crippen LogP) is 2.56. The van der Waals surface area contributed by atoms with Crippen LogP contribution >= 0.6 is 12.2 Å². The van der Waals surface area contributed by atoms with Crippen molar-refractivity contribution in [2.24, 2.45) is 5.41 Å². The van der Waals surface area contributed by atoms with Crippen LogP contribution in [0.5, 0.6) is 0 Å². The highest BCUT2D eigenvalue weighted by Crippen LogP contribution is 2.19. The van der Waals surface area contributed by atoms with E-state index >= 15 is 0 Å². The zero-order valence-corrected chi connectivity index (χ0v) is 9.45. The van der Waals surface area contributed by atoms with Gasteiger partial charge >= 0.3 is 0 Å². The van der Waals surface area contributed by atoms with Gasteiger partial charge in [-0.2, -0.15) is 0 Å². The van der Waals surface area contributed by atoms with E-state index in [1.807, 2.05) is 0 Å². The van der Waals surface area contributed by atoms with Crippen LogP contribution in [-0.4, -0.2) is 24.4 Å². The lowest BCUT2D eigenvalue weighted by Crippen LogP contribution is -2.25. The van der Waals surface area contributed by atoms with Gasteiger partial charge < -0.3 is 9.47 Å². The van der Waals surface area contributed by atoms with Crippen LogP contribution in [0, 0.1) is 5.41 Å². The van der Waals surface area contributed by atoms with Crippen molar-refractivity contribution in [3.8, 4) is 0 Å². The second kappa shape index (κ2) is 4.38. The van der Waals surface area contributed by atoms with E-state index in [2.05, 4.69) is 20.8 Å². The fourth-order valence-corrected chi connectivity index (χ4v) is 1.23. The van der Waals surface area contributed by atoms with Crippen molar-refractivity contribution in [1.29, 1.82) is 0 Å². The molecule has 0 amide bonds. The topological polar surface area (TPSA) is 18.5 Å². The van der Waals surface area contributed by atoms with Crippen molar-refractivity contribution in [3.63, 3.8) is 0 Å². The number of ether oxygens (including phenoxy) is 2. The van der Waals surface area contributed by atoms with Crippen molar-refractivity contribution in [2.75, 3.05) is 13.2 Å². The summed E-state index contributed by atoms with van der Waals surface area (Å²) in [7, 11) is 0. The molecule has 0 spiro atoms. The third-order valence-electron chi connectivity index (χ3n) is 2.04. The molecule has 1 aliphatic rings. The lowest BCUT2D eigenvalue weighted by atomic mass is 9.98. The van der Waals surface area contributed by atoms with Crippen molar-refractivity contribution in [3.05, 3.63) is 0 Å². The molecule has 1 unspecified atom stereocenters. The first kappa shape index (κ1) is 10.9. The third kappa shape index (κ3) is 3.61. The smallest absolute Gasteiger partial charge is 0.165 e. The minimum Gasteiger partial charge on any atom is -0.484 e. The van der Waals surface area contributed by atoms with Gasteiger partial charge in [0.15, 0.2) is 5.05 Å². The lowest BCUT2D eigenvalue weighted by Gasteiger charge is -2.21. The van der Waals surface area contributed by atoms with Gasteiger partial charge in [-0.3, -0.25) is 0 Å². The Morgan fingerprint density at radius 1 is 1.54 bits per heavy atom. The SMILES string of the molecule is CC(C)(C)C(=S)OCC1CCCO1. The normalized spacial score (nSPS) is 23.2. The summed E-state index contributed by atoms with van der Waals surface area (Å²) >= 11 is 5.15. The van der Waals surface area contributed by atoms with Crippen molar-refractivity contribution in [1.82, 2.24) is 0 Å². The van der Waals surface area contributed by atoms with Crippen LogP contribution in [0.3, 0.4) is 0 Å². The largest absolute Gasteiger partial charge is 0.484 e. The van der Waals surface area contributed by atoms with Crippen molar-refractivity contribution in [2.45, 2.75) is 39.7 Å². The molecule has 0 aromatic carbocycles. The highest BCUT2D eigenvalue weighted by Gasteiger charge is 2.21. The van der Waals surface area contributed by atoms with Gasteiger partial charge in [-0.1, -0.05) is 20.8 Å². The first-order valence-corrected chi connectivity index (χ1v) is 5.20. The van der Waals surface area contributed by atoms with Crippen molar-refractivity contribution < 1.29 is 9.47 Å². The highest BCUT2D eigenvalue weighted by atomic mass is 32.1. The van der Waals surface area contributed by atoms with E-state index in [9.17, 15) is 0 Å². The van der Waals surface area contributed by atoms with Gasteiger partial charge in [-0.05, 0) is 25.1 Å². The maximum Gasteiger partial charge on any atom is 0.165 e. The summed E-state index contributed by atoms with van der Waals surface area (Å²) in [6.07, 6.45) is 2.52. The molecule has 1 rings (SSSR count). The molecule has 1 fully saturated rings. The maximum absolute atomic E-state index is 5.50. The molecule has 0 N–H and O–H groups in total. The monoisotopic (exact) mass is 202 g/mol. The molecule has 13 heavy (non-hydrogen) atoms. The van der Waals surface area contributed by atoms with Gasteiger partial charge in [0.1, 0.15) is 6.61 Å². The Morgan fingerprint density at radius 2 is 2.23 bits per heavy atom. The van der Waals surface area contributed by atoms with Crippen LogP contribution in [0.25, 0.3) is 0 Å². The van der Waals surface area contributed by atoms with Gasteiger partial charge in [-0.15, -0.1) is 0 Å². The van der Waals surface area contributed by atoms with Gasteiger partial charge in [0.25, 0.3) is 0 Å². The maximum atomic E-state index is 5.50. The Bertz CT molecular complexity index is 178. The molecule has 76 valence electrons. The summed E-state index contributed by atoms with van der Waals surface area (Å²) in [4.78, 5) is 0. The summed E-state index contributed by atoms with van der Waals surface area (Å²) in [6.45, 7) is 7.67. The minimum absolute atomic E-state index is 0.0338. The first-order chi connectivity index (χ1) is 6.00. The molecule has 0 saturated carbocycles. The molecular formula is C10H18O2S. The second-order valence-electron chi connectivity index (χ2n) is 4.48. The first-order valence-electron chi connectivity index (χ1n) is 4.79. The zero-order valence-electron chi connectivity index (χ0n) is 8.63. The lowest BCUT2D eigenvalue weighted by molar-refractivity contribution is 0.0611. The van der Waals surface area contributed by atoms with Crippen molar-refractivity contribution >= 4 is 17.3 Å². The Balaban J connectivity index is 2.22. The third-order valence-corrected chi connectivity index (χ3v) is 2.77. The molecule has 2 nitrogen and oxygen atoms in total. The van der Waals surface area contributed by atoms with Crippen LogP contribution in [0.15, 0.2) is 0 Å². The van der Waals surface area contributed by atoms with Gasteiger partial charge in [0.05, 0.1) is 6.10 Å². The average molecular weight is 202 g/mol. The van der Waals surface area contributed by atoms with E-state index in [-0.39, 0.29) is 11.5 Å². The summed E-state index contributed by atoms with van der Waals surface area (Å²) in [6, 6.07) is 0. The Labute approximate surface area is 85.6 Å². The molecule has 3 heteroatoms. The molecule has 1 saturated heterocycles. The highest BCUT2D eigenvalue weighted by molar-refractivity contribution is 7.80. The van der Waals surface area contributed by atoms with E-state index < -0.39 is 0 Å². The van der Waals surface area contributed by atoms with E-state index in [1.165, 1.54) is 0 Å². The predicted molar refractivity (Wildman–Crippen MR) is 57.0 cm³/mol. The molecule has 0 bridgehead atoms. The van der Waals surface area contributed by atoms with Gasteiger partial charge in [0, 0.05) is 12.0 Å². The minimum atomic E-state index is -0.0338. The fraction of sp³-hybridized carbons (Fsp3) is 0.900. The molecule has 1 aliphatic heterocycles. The Morgan fingerprint density at radius 3 is 2.69 bits per heavy atom. The molecule has 0 aliphatic carbocycles.